The fourth-order valence-corrected chi connectivity index (χ4v) is 2.66. The van der Waals surface area contributed by atoms with Gasteiger partial charge in [0.2, 0.25) is 0 Å². The van der Waals surface area contributed by atoms with Gasteiger partial charge in [-0.1, -0.05) is 6.07 Å². The lowest BCUT2D eigenvalue weighted by Gasteiger charge is -2.10. The molecule has 7 nitrogen and oxygen atoms in total. The molecule has 0 aliphatic carbocycles. The molecule has 1 aromatic carbocycles. The summed E-state index contributed by atoms with van der Waals surface area (Å²) in [4.78, 5) is 12.4. The van der Waals surface area contributed by atoms with Crippen molar-refractivity contribution >= 4 is 11.6 Å². The molecule has 3 rings (SSSR count). The van der Waals surface area contributed by atoms with Crippen LogP contribution in [0.2, 0.25) is 0 Å². The number of carbonyl (C=O) groups excluding carboxylic acids is 1. The highest BCUT2D eigenvalue weighted by atomic mass is 16.5. The summed E-state index contributed by atoms with van der Waals surface area (Å²) in [6.07, 6.45) is 5.96. The van der Waals surface area contributed by atoms with Crippen molar-refractivity contribution in [2.24, 2.45) is 7.05 Å². The minimum atomic E-state index is -0.132. The Morgan fingerprint density at radius 3 is 2.75 bits per heavy atom. The Morgan fingerprint density at radius 2 is 2.00 bits per heavy atom. The summed E-state index contributed by atoms with van der Waals surface area (Å²) in [5, 5.41) is 7.10. The van der Waals surface area contributed by atoms with Crippen LogP contribution in [-0.4, -0.2) is 40.9 Å². The first-order chi connectivity index (χ1) is 11.6. The summed E-state index contributed by atoms with van der Waals surface area (Å²) in [5.41, 5.74) is 2.40. The van der Waals surface area contributed by atoms with Crippen molar-refractivity contribution in [3.63, 3.8) is 0 Å². The Labute approximate surface area is 139 Å². The van der Waals surface area contributed by atoms with E-state index in [1.165, 1.54) is 0 Å². The third-order valence-corrected chi connectivity index (χ3v) is 3.93. The Hall–Kier alpha value is -2.96. The van der Waals surface area contributed by atoms with E-state index >= 15 is 0 Å². The number of imidazole rings is 1. The Morgan fingerprint density at radius 1 is 1.21 bits per heavy atom. The molecule has 0 aliphatic heterocycles. The molecule has 3 aromatic rings. The van der Waals surface area contributed by atoms with Gasteiger partial charge in [0.25, 0.3) is 5.91 Å². The van der Waals surface area contributed by atoms with Crippen molar-refractivity contribution in [2.75, 3.05) is 20.8 Å². The second-order valence-electron chi connectivity index (χ2n) is 5.43. The van der Waals surface area contributed by atoms with E-state index < -0.39 is 0 Å². The molecule has 2 heterocycles. The number of hydrogen-bond acceptors (Lipinski definition) is 4. The summed E-state index contributed by atoms with van der Waals surface area (Å²) >= 11 is 0. The summed E-state index contributed by atoms with van der Waals surface area (Å²) in [7, 11) is 5.10. The SMILES string of the molecule is COc1ccc(CCNC(=O)c2cnn3ccn(C)c23)cc1OC. The smallest absolute Gasteiger partial charge is 0.256 e. The number of methoxy groups -OCH3 is 2. The lowest BCUT2D eigenvalue weighted by molar-refractivity contribution is 0.0955. The molecule has 0 saturated carbocycles. The highest BCUT2D eigenvalue weighted by molar-refractivity contribution is 5.99. The molecule has 0 fully saturated rings. The van der Waals surface area contributed by atoms with E-state index in [-0.39, 0.29) is 5.91 Å². The monoisotopic (exact) mass is 328 g/mol. The van der Waals surface area contributed by atoms with Crippen LogP contribution in [0.4, 0.5) is 0 Å². The molecule has 0 radical (unpaired) electrons. The average Bonchev–Trinajstić information content (AvgIpc) is 3.18. The van der Waals surface area contributed by atoms with E-state index in [9.17, 15) is 4.79 Å². The predicted molar refractivity (Wildman–Crippen MR) is 89.7 cm³/mol. The summed E-state index contributed by atoms with van der Waals surface area (Å²) in [5.74, 6) is 1.24. The van der Waals surface area contributed by atoms with Crippen molar-refractivity contribution in [3.8, 4) is 11.5 Å². The predicted octanol–water partition coefficient (Wildman–Crippen LogP) is 1.66. The number of carbonyl (C=O) groups is 1. The summed E-state index contributed by atoms with van der Waals surface area (Å²) in [6, 6.07) is 5.74. The number of nitrogens with one attached hydrogen (secondary N) is 1. The Kier molecular flexibility index (Phi) is 4.41. The third kappa shape index (κ3) is 2.92. The fourth-order valence-electron chi connectivity index (χ4n) is 2.66. The molecule has 0 unspecified atom stereocenters. The second kappa shape index (κ2) is 6.66. The third-order valence-electron chi connectivity index (χ3n) is 3.93. The van der Waals surface area contributed by atoms with E-state index in [0.29, 0.717) is 30.0 Å². The molecular formula is C17H20N4O3. The van der Waals surface area contributed by atoms with Crippen LogP contribution in [0.5, 0.6) is 11.5 Å². The molecule has 1 amide bonds. The number of amides is 1. The van der Waals surface area contributed by atoms with Crippen LogP contribution in [-0.2, 0) is 13.5 Å². The van der Waals surface area contributed by atoms with Crippen LogP contribution in [0, 0.1) is 0 Å². The summed E-state index contributed by atoms with van der Waals surface area (Å²) < 4.78 is 14.1. The number of fused-ring (bicyclic) bond motifs is 1. The van der Waals surface area contributed by atoms with E-state index in [4.69, 9.17) is 9.47 Å². The highest BCUT2D eigenvalue weighted by Gasteiger charge is 2.14. The number of hydrogen-bond donors (Lipinski definition) is 1. The minimum Gasteiger partial charge on any atom is -0.493 e. The number of aromatic nitrogens is 3. The van der Waals surface area contributed by atoms with Crippen LogP contribution in [0.3, 0.4) is 0 Å². The molecule has 1 N–H and O–H groups in total. The molecule has 0 saturated heterocycles. The number of aryl methyl sites for hydroxylation is 1. The van der Waals surface area contributed by atoms with Crippen LogP contribution < -0.4 is 14.8 Å². The first-order valence-corrected chi connectivity index (χ1v) is 7.62. The average molecular weight is 328 g/mol. The number of nitrogens with zero attached hydrogens (tertiary/aromatic N) is 3. The number of rotatable bonds is 6. The molecule has 7 heteroatoms. The molecule has 2 aromatic heterocycles. The van der Waals surface area contributed by atoms with Gasteiger partial charge in [-0.05, 0) is 24.1 Å². The lowest BCUT2D eigenvalue weighted by atomic mass is 10.1. The van der Waals surface area contributed by atoms with Crippen LogP contribution >= 0.6 is 0 Å². The zero-order valence-electron chi connectivity index (χ0n) is 13.9. The van der Waals surface area contributed by atoms with E-state index in [2.05, 4.69) is 10.4 Å². The summed E-state index contributed by atoms with van der Waals surface area (Å²) in [6.45, 7) is 0.524. The van der Waals surface area contributed by atoms with Crippen LogP contribution in [0.25, 0.3) is 5.65 Å². The maximum absolute atomic E-state index is 12.4. The van der Waals surface area contributed by atoms with Gasteiger partial charge in [0.15, 0.2) is 11.5 Å². The number of benzene rings is 1. The van der Waals surface area contributed by atoms with Crippen molar-refractivity contribution in [3.05, 3.63) is 47.9 Å². The van der Waals surface area contributed by atoms with Crippen LogP contribution in [0.1, 0.15) is 15.9 Å². The Bertz CT molecular complexity index is 866. The minimum absolute atomic E-state index is 0.132. The van der Waals surface area contributed by atoms with Gasteiger partial charge in [-0.3, -0.25) is 4.79 Å². The van der Waals surface area contributed by atoms with E-state index in [1.54, 1.807) is 24.9 Å². The molecule has 0 bridgehead atoms. The lowest BCUT2D eigenvalue weighted by Crippen LogP contribution is -2.25. The highest BCUT2D eigenvalue weighted by Crippen LogP contribution is 2.27. The first-order valence-electron chi connectivity index (χ1n) is 7.62. The van der Waals surface area contributed by atoms with Gasteiger partial charge in [-0.2, -0.15) is 5.10 Å². The second-order valence-corrected chi connectivity index (χ2v) is 5.43. The zero-order chi connectivity index (χ0) is 17.1. The molecule has 0 aliphatic rings. The maximum Gasteiger partial charge on any atom is 0.256 e. The quantitative estimate of drug-likeness (QED) is 0.747. The van der Waals surface area contributed by atoms with Crippen molar-refractivity contribution in [1.29, 1.82) is 0 Å². The van der Waals surface area contributed by atoms with Crippen LogP contribution in [0.15, 0.2) is 36.8 Å². The van der Waals surface area contributed by atoms with Gasteiger partial charge in [0.05, 0.1) is 20.4 Å². The first kappa shape index (κ1) is 15.9. The molecule has 126 valence electrons. The van der Waals surface area contributed by atoms with E-state index in [0.717, 1.165) is 11.2 Å². The van der Waals surface area contributed by atoms with Gasteiger partial charge in [-0.15, -0.1) is 0 Å². The normalized spacial score (nSPS) is 10.8. The van der Waals surface area contributed by atoms with Gasteiger partial charge < -0.3 is 19.4 Å². The van der Waals surface area contributed by atoms with E-state index in [1.807, 2.05) is 42.2 Å². The largest absolute Gasteiger partial charge is 0.493 e. The van der Waals surface area contributed by atoms with Crippen molar-refractivity contribution in [2.45, 2.75) is 6.42 Å². The van der Waals surface area contributed by atoms with Gasteiger partial charge >= 0.3 is 0 Å². The molecule has 24 heavy (non-hydrogen) atoms. The van der Waals surface area contributed by atoms with Gasteiger partial charge in [0.1, 0.15) is 11.2 Å². The van der Waals surface area contributed by atoms with Gasteiger partial charge in [-0.25, -0.2) is 4.52 Å². The standard InChI is InChI=1S/C17H20N4O3/c1-20-8-9-21-17(20)13(11-19-21)16(22)18-7-6-12-4-5-14(23-2)15(10-12)24-3/h4-5,8-11H,6-7H2,1-3H3,(H,18,22). The molecule has 0 spiro atoms. The fraction of sp³-hybridized carbons (Fsp3) is 0.294. The topological polar surface area (TPSA) is 69.8 Å². The van der Waals surface area contributed by atoms with Crippen molar-refractivity contribution in [1.82, 2.24) is 19.5 Å². The molecular weight excluding hydrogens is 308 g/mol. The number of ether oxygens (including phenoxy) is 2. The van der Waals surface area contributed by atoms with Crippen molar-refractivity contribution < 1.29 is 14.3 Å². The maximum atomic E-state index is 12.4. The molecule has 0 atom stereocenters. The Balaban J connectivity index is 1.64. The van der Waals surface area contributed by atoms with Gasteiger partial charge in [0, 0.05) is 26.0 Å². The zero-order valence-corrected chi connectivity index (χ0v) is 13.9.